The molecule has 8 nitrogen and oxygen atoms in total. The number of hydrogen-bond acceptors (Lipinski definition) is 8. The molecule has 0 amide bonds. The molecule has 0 saturated heterocycles. The van der Waals surface area contributed by atoms with E-state index in [1.165, 1.54) is 0 Å². The van der Waals surface area contributed by atoms with Crippen LogP contribution in [-0.2, 0) is 38.1 Å². The Bertz CT molecular complexity index is 443. The number of hydrogen-bond donors (Lipinski definition) is 0. The van der Waals surface area contributed by atoms with Crippen molar-refractivity contribution in [2.24, 2.45) is 0 Å². The third-order valence-electron chi connectivity index (χ3n) is 3.27. The topological polar surface area (TPSA) is 105 Å². The van der Waals surface area contributed by atoms with Crippen molar-refractivity contribution >= 4 is 23.9 Å². The van der Waals surface area contributed by atoms with Crippen LogP contribution in [0.5, 0.6) is 0 Å². The molecule has 0 aromatic heterocycles. The standard InChI is InChI=1S/C18H24O8/c19-15-7-9-17(21)25-13-5-2-6-14-26-18(22)10-8-16(20)24-12-4-1-3-11-23-15/h7-10H,1-6,11-14H2/b9-7-,10-8-. The lowest BCUT2D eigenvalue weighted by atomic mass is 10.2. The van der Waals surface area contributed by atoms with Gasteiger partial charge in [0.1, 0.15) is 0 Å². The summed E-state index contributed by atoms with van der Waals surface area (Å²) in [5.74, 6) is -2.44. The maximum absolute atomic E-state index is 11.4. The van der Waals surface area contributed by atoms with E-state index in [-0.39, 0.29) is 26.4 Å². The minimum Gasteiger partial charge on any atom is -0.463 e. The van der Waals surface area contributed by atoms with Crippen LogP contribution in [0.1, 0.15) is 38.5 Å². The van der Waals surface area contributed by atoms with Gasteiger partial charge in [0.15, 0.2) is 0 Å². The maximum atomic E-state index is 11.4. The zero-order valence-electron chi connectivity index (χ0n) is 14.6. The molecule has 0 spiro atoms. The zero-order chi connectivity index (χ0) is 19.0. The van der Waals surface area contributed by atoms with Crippen LogP contribution in [-0.4, -0.2) is 50.3 Å². The summed E-state index contributed by atoms with van der Waals surface area (Å²) in [7, 11) is 0. The smallest absolute Gasteiger partial charge is 0.331 e. The minimum absolute atomic E-state index is 0.206. The summed E-state index contributed by atoms with van der Waals surface area (Å²) in [4.78, 5) is 45.6. The number of esters is 4. The van der Waals surface area contributed by atoms with E-state index in [4.69, 9.17) is 18.9 Å². The lowest BCUT2D eigenvalue weighted by molar-refractivity contribution is -0.141. The van der Waals surface area contributed by atoms with E-state index >= 15 is 0 Å². The Labute approximate surface area is 152 Å². The molecular formula is C18H24O8. The summed E-state index contributed by atoms with van der Waals surface area (Å²) in [5, 5.41) is 0. The molecule has 0 unspecified atom stereocenters. The summed E-state index contributed by atoms with van der Waals surface area (Å²) >= 11 is 0. The highest BCUT2D eigenvalue weighted by Gasteiger charge is 2.04. The Kier molecular flexibility index (Phi) is 11.2. The van der Waals surface area contributed by atoms with Crippen LogP contribution in [0.25, 0.3) is 0 Å². The molecule has 1 rings (SSSR count). The van der Waals surface area contributed by atoms with Crippen LogP contribution in [0.15, 0.2) is 24.3 Å². The molecule has 0 bridgehead atoms. The van der Waals surface area contributed by atoms with Crippen LogP contribution in [0.4, 0.5) is 0 Å². The zero-order valence-corrected chi connectivity index (χ0v) is 14.6. The fourth-order valence-corrected chi connectivity index (χ4v) is 1.92. The predicted octanol–water partition coefficient (Wildman–Crippen LogP) is 1.63. The minimum atomic E-state index is -0.609. The average molecular weight is 368 g/mol. The molecule has 0 atom stereocenters. The van der Waals surface area contributed by atoms with Gasteiger partial charge in [-0.15, -0.1) is 0 Å². The molecular weight excluding hydrogens is 344 g/mol. The van der Waals surface area contributed by atoms with Gasteiger partial charge in [-0.2, -0.15) is 0 Å². The van der Waals surface area contributed by atoms with Gasteiger partial charge in [0.05, 0.1) is 26.4 Å². The van der Waals surface area contributed by atoms with Gasteiger partial charge >= 0.3 is 23.9 Å². The largest absolute Gasteiger partial charge is 0.463 e. The van der Waals surface area contributed by atoms with Crippen molar-refractivity contribution < 1.29 is 38.1 Å². The number of carbonyl (C=O) groups is 4. The Morgan fingerprint density at radius 1 is 0.423 bits per heavy atom. The van der Waals surface area contributed by atoms with E-state index in [2.05, 4.69) is 0 Å². The second kappa shape index (κ2) is 13.6. The van der Waals surface area contributed by atoms with Crippen molar-refractivity contribution in [3.05, 3.63) is 24.3 Å². The highest BCUT2D eigenvalue weighted by atomic mass is 16.5. The summed E-state index contributed by atoms with van der Waals surface area (Å²) in [6.45, 7) is 0.825. The molecule has 0 aliphatic carbocycles. The predicted molar refractivity (Wildman–Crippen MR) is 89.8 cm³/mol. The third-order valence-corrected chi connectivity index (χ3v) is 3.27. The molecule has 0 fully saturated rings. The van der Waals surface area contributed by atoms with E-state index in [1.54, 1.807) is 0 Å². The van der Waals surface area contributed by atoms with Crippen molar-refractivity contribution in [2.45, 2.75) is 38.5 Å². The Hall–Kier alpha value is -2.64. The van der Waals surface area contributed by atoms with Crippen LogP contribution in [0.2, 0.25) is 0 Å². The quantitative estimate of drug-likeness (QED) is 0.469. The second-order valence-corrected chi connectivity index (χ2v) is 5.46. The first kappa shape index (κ1) is 21.4. The first-order chi connectivity index (χ1) is 12.6. The Balaban J connectivity index is 2.43. The van der Waals surface area contributed by atoms with Gasteiger partial charge in [0.25, 0.3) is 0 Å². The molecule has 0 aromatic carbocycles. The molecule has 8 heteroatoms. The van der Waals surface area contributed by atoms with Crippen LogP contribution in [0, 0.1) is 0 Å². The van der Waals surface area contributed by atoms with Crippen LogP contribution in [0.3, 0.4) is 0 Å². The first-order valence-electron chi connectivity index (χ1n) is 8.61. The van der Waals surface area contributed by atoms with Gasteiger partial charge in [-0.3, -0.25) is 0 Å². The highest BCUT2D eigenvalue weighted by molar-refractivity contribution is 5.92. The van der Waals surface area contributed by atoms with Gasteiger partial charge in [-0.1, -0.05) is 0 Å². The van der Waals surface area contributed by atoms with Crippen molar-refractivity contribution in [3.63, 3.8) is 0 Å². The molecule has 26 heavy (non-hydrogen) atoms. The van der Waals surface area contributed by atoms with Gasteiger partial charge in [0, 0.05) is 24.3 Å². The van der Waals surface area contributed by atoms with Crippen molar-refractivity contribution in [2.75, 3.05) is 26.4 Å². The van der Waals surface area contributed by atoms with Crippen molar-refractivity contribution in [1.82, 2.24) is 0 Å². The lowest BCUT2D eigenvalue weighted by Crippen LogP contribution is -2.08. The summed E-state index contributed by atoms with van der Waals surface area (Å²) in [5.41, 5.74) is 0. The van der Waals surface area contributed by atoms with Gasteiger partial charge in [-0.05, 0) is 38.5 Å². The molecule has 0 N–H and O–H groups in total. The van der Waals surface area contributed by atoms with E-state index in [0.717, 1.165) is 24.3 Å². The number of ether oxygens (including phenoxy) is 4. The summed E-state index contributed by atoms with van der Waals surface area (Å²) < 4.78 is 19.7. The SMILES string of the molecule is O=C1/C=C\C(=O)OCCCCCOC(=O)/C=C\C(=O)OCCCCCO1. The second-order valence-electron chi connectivity index (χ2n) is 5.46. The monoisotopic (exact) mass is 368 g/mol. The molecule has 1 aliphatic heterocycles. The summed E-state index contributed by atoms with van der Waals surface area (Å²) in [6, 6.07) is 0. The average Bonchev–Trinajstić information content (AvgIpc) is 2.62. The van der Waals surface area contributed by atoms with E-state index in [1.807, 2.05) is 0 Å². The molecule has 144 valence electrons. The fourth-order valence-electron chi connectivity index (χ4n) is 1.92. The first-order valence-corrected chi connectivity index (χ1v) is 8.61. The van der Waals surface area contributed by atoms with Gasteiger partial charge in [0.2, 0.25) is 0 Å². The van der Waals surface area contributed by atoms with Crippen LogP contribution >= 0.6 is 0 Å². The molecule has 0 saturated carbocycles. The number of rotatable bonds is 0. The Morgan fingerprint density at radius 2 is 0.654 bits per heavy atom. The highest BCUT2D eigenvalue weighted by Crippen LogP contribution is 2.00. The van der Waals surface area contributed by atoms with E-state index in [0.29, 0.717) is 38.5 Å². The molecule has 1 heterocycles. The van der Waals surface area contributed by atoms with E-state index in [9.17, 15) is 19.2 Å². The molecule has 0 aromatic rings. The van der Waals surface area contributed by atoms with Gasteiger partial charge in [-0.25, -0.2) is 19.2 Å². The summed E-state index contributed by atoms with van der Waals surface area (Å²) in [6.07, 6.45) is 7.91. The molecule has 0 radical (unpaired) electrons. The van der Waals surface area contributed by atoms with Crippen LogP contribution < -0.4 is 0 Å². The third kappa shape index (κ3) is 11.8. The molecule has 1 aliphatic rings. The fraction of sp³-hybridized carbons (Fsp3) is 0.556. The van der Waals surface area contributed by atoms with Crippen molar-refractivity contribution in [1.29, 1.82) is 0 Å². The normalized spacial score (nSPS) is 22.5. The number of cyclic esters (lactones) is 4. The maximum Gasteiger partial charge on any atom is 0.331 e. The van der Waals surface area contributed by atoms with Crippen molar-refractivity contribution in [3.8, 4) is 0 Å². The lowest BCUT2D eigenvalue weighted by Gasteiger charge is -2.05. The Morgan fingerprint density at radius 3 is 0.885 bits per heavy atom. The van der Waals surface area contributed by atoms with E-state index < -0.39 is 23.9 Å². The van der Waals surface area contributed by atoms with Gasteiger partial charge < -0.3 is 18.9 Å². The number of carbonyl (C=O) groups excluding carboxylic acids is 4.